The van der Waals surface area contributed by atoms with Crippen LogP contribution < -0.4 is 4.90 Å². The van der Waals surface area contributed by atoms with E-state index in [1.165, 1.54) is 23.1 Å². The highest BCUT2D eigenvalue weighted by atomic mass is 79.9. The largest absolute Gasteiger partial charge is 0.507 e. The Morgan fingerprint density at radius 1 is 1.00 bits per heavy atom. The fourth-order valence-electron chi connectivity index (χ4n) is 3.57. The normalized spacial score (nSPS) is 18.1. The third-order valence-electron chi connectivity index (χ3n) is 5.09. The number of anilines is 1. The molecular formula is C24H17BrFNO3. The zero-order chi connectivity index (χ0) is 21.4. The van der Waals surface area contributed by atoms with Gasteiger partial charge in [-0.15, -0.1) is 0 Å². The lowest BCUT2D eigenvalue weighted by Crippen LogP contribution is -2.29. The molecule has 0 bridgehead atoms. The number of nitrogens with zero attached hydrogens (tertiary/aromatic N) is 1. The molecule has 0 aliphatic carbocycles. The molecule has 1 heterocycles. The zero-order valence-corrected chi connectivity index (χ0v) is 17.6. The number of hydrogen-bond acceptors (Lipinski definition) is 3. The summed E-state index contributed by atoms with van der Waals surface area (Å²) in [5, 5.41) is 10.9. The SMILES string of the molecule is Cc1ccc(N2C(=O)C(=O)C(=C(O)c3ccccc3)[C@H]2c2cccc(F)c2)cc1Br. The number of carbonyl (C=O) groups is 2. The first kappa shape index (κ1) is 20.0. The van der Waals surface area contributed by atoms with Gasteiger partial charge in [-0.3, -0.25) is 14.5 Å². The molecule has 1 amide bonds. The van der Waals surface area contributed by atoms with Gasteiger partial charge < -0.3 is 5.11 Å². The van der Waals surface area contributed by atoms with Crippen molar-refractivity contribution >= 4 is 39.1 Å². The van der Waals surface area contributed by atoms with Gasteiger partial charge in [-0.2, -0.15) is 0 Å². The molecule has 150 valence electrons. The van der Waals surface area contributed by atoms with Gasteiger partial charge in [0.1, 0.15) is 11.6 Å². The number of aliphatic hydroxyl groups is 1. The molecule has 4 rings (SSSR count). The molecule has 0 unspecified atom stereocenters. The van der Waals surface area contributed by atoms with Crippen LogP contribution in [0.4, 0.5) is 10.1 Å². The van der Waals surface area contributed by atoms with Crippen molar-refractivity contribution in [2.24, 2.45) is 0 Å². The monoisotopic (exact) mass is 465 g/mol. The van der Waals surface area contributed by atoms with Crippen molar-refractivity contribution in [2.45, 2.75) is 13.0 Å². The van der Waals surface area contributed by atoms with Gasteiger partial charge >= 0.3 is 0 Å². The molecule has 1 aliphatic rings. The van der Waals surface area contributed by atoms with E-state index in [0.29, 0.717) is 16.8 Å². The Kier molecular flexibility index (Phi) is 5.26. The highest BCUT2D eigenvalue weighted by molar-refractivity contribution is 9.10. The average Bonchev–Trinajstić information content (AvgIpc) is 3.01. The Bertz CT molecular complexity index is 1190. The smallest absolute Gasteiger partial charge is 0.300 e. The number of carbonyl (C=O) groups excluding carboxylic acids is 2. The fourth-order valence-corrected chi connectivity index (χ4v) is 3.94. The molecule has 0 spiro atoms. The second kappa shape index (κ2) is 7.88. The Labute approximate surface area is 181 Å². The van der Waals surface area contributed by atoms with E-state index in [1.54, 1.807) is 48.5 Å². The van der Waals surface area contributed by atoms with Crippen LogP contribution in [0.25, 0.3) is 5.76 Å². The molecular weight excluding hydrogens is 449 g/mol. The first-order valence-electron chi connectivity index (χ1n) is 9.26. The van der Waals surface area contributed by atoms with E-state index in [4.69, 9.17) is 0 Å². The summed E-state index contributed by atoms with van der Waals surface area (Å²) in [7, 11) is 0. The van der Waals surface area contributed by atoms with Crippen LogP contribution in [-0.2, 0) is 9.59 Å². The Balaban J connectivity index is 1.97. The molecule has 6 heteroatoms. The summed E-state index contributed by atoms with van der Waals surface area (Å²) in [6.45, 7) is 1.90. The number of halogens is 2. The lowest BCUT2D eigenvalue weighted by Gasteiger charge is -2.26. The first-order valence-corrected chi connectivity index (χ1v) is 10.1. The molecule has 30 heavy (non-hydrogen) atoms. The molecule has 1 fully saturated rings. The fraction of sp³-hybridized carbons (Fsp3) is 0.0833. The summed E-state index contributed by atoms with van der Waals surface area (Å²) in [6.07, 6.45) is 0. The van der Waals surface area contributed by atoms with Crippen LogP contribution in [-0.4, -0.2) is 16.8 Å². The molecule has 3 aromatic carbocycles. The van der Waals surface area contributed by atoms with Gasteiger partial charge in [-0.05, 0) is 42.3 Å². The van der Waals surface area contributed by atoms with Crippen LogP contribution in [0, 0.1) is 12.7 Å². The Morgan fingerprint density at radius 3 is 2.40 bits per heavy atom. The molecule has 4 nitrogen and oxygen atoms in total. The first-order chi connectivity index (χ1) is 14.4. The van der Waals surface area contributed by atoms with Crippen molar-refractivity contribution in [3.63, 3.8) is 0 Å². The van der Waals surface area contributed by atoms with Crippen LogP contribution in [0.5, 0.6) is 0 Å². The summed E-state index contributed by atoms with van der Waals surface area (Å²) in [4.78, 5) is 27.4. The van der Waals surface area contributed by atoms with Gasteiger partial charge in [-0.25, -0.2) is 4.39 Å². The number of Topliss-reactive ketones (excluding diaryl/α,β-unsaturated/α-hetero) is 1. The predicted octanol–water partition coefficient (Wildman–Crippen LogP) is 5.52. The second-order valence-electron chi connectivity index (χ2n) is 7.02. The van der Waals surface area contributed by atoms with E-state index in [9.17, 15) is 19.1 Å². The number of rotatable bonds is 3. The molecule has 1 atom stereocenters. The van der Waals surface area contributed by atoms with Crippen LogP contribution in [0.15, 0.2) is 82.8 Å². The number of hydrogen-bond donors (Lipinski definition) is 1. The minimum absolute atomic E-state index is 0.0755. The second-order valence-corrected chi connectivity index (χ2v) is 7.88. The van der Waals surface area contributed by atoms with E-state index in [2.05, 4.69) is 15.9 Å². The summed E-state index contributed by atoms with van der Waals surface area (Å²) in [5.41, 5.74) is 2.15. The molecule has 3 aromatic rings. The minimum Gasteiger partial charge on any atom is -0.507 e. The number of aliphatic hydroxyl groups excluding tert-OH is 1. The highest BCUT2D eigenvalue weighted by Gasteiger charge is 2.47. The van der Waals surface area contributed by atoms with Crippen molar-refractivity contribution in [3.8, 4) is 0 Å². The third-order valence-corrected chi connectivity index (χ3v) is 5.94. The van der Waals surface area contributed by atoms with Crippen LogP contribution >= 0.6 is 15.9 Å². The summed E-state index contributed by atoms with van der Waals surface area (Å²) < 4.78 is 14.8. The number of amides is 1. The summed E-state index contributed by atoms with van der Waals surface area (Å²) in [6, 6.07) is 18.5. The van der Waals surface area contributed by atoms with Crippen molar-refractivity contribution in [3.05, 3.63) is 105 Å². The van der Waals surface area contributed by atoms with E-state index < -0.39 is 23.5 Å². The molecule has 0 radical (unpaired) electrons. The molecule has 0 saturated carbocycles. The van der Waals surface area contributed by atoms with Gasteiger partial charge in [0.15, 0.2) is 0 Å². The maximum absolute atomic E-state index is 14.0. The maximum Gasteiger partial charge on any atom is 0.300 e. The van der Waals surface area contributed by atoms with Crippen molar-refractivity contribution in [1.82, 2.24) is 0 Å². The van der Waals surface area contributed by atoms with Gasteiger partial charge in [0.25, 0.3) is 11.7 Å². The van der Waals surface area contributed by atoms with Crippen LogP contribution in [0.2, 0.25) is 0 Å². The van der Waals surface area contributed by atoms with Crippen molar-refractivity contribution in [1.29, 1.82) is 0 Å². The molecule has 1 N–H and O–H groups in total. The van der Waals surface area contributed by atoms with Crippen molar-refractivity contribution in [2.75, 3.05) is 4.90 Å². The van der Waals surface area contributed by atoms with Crippen molar-refractivity contribution < 1.29 is 19.1 Å². The number of benzene rings is 3. The van der Waals surface area contributed by atoms with E-state index in [0.717, 1.165) is 10.0 Å². The molecule has 0 aromatic heterocycles. The average molecular weight is 466 g/mol. The molecule has 1 saturated heterocycles. The lowest BCUT2D eigenvalue weighted by atomic mass is 9.95. The van der Waals surface area contributed by atoms with E-state index in [-0.39, 0.29) is 11.3 Å². The van der Waals surface area contributed by atoms with E-state index in [1.807, 2.05) is 13.0 Å². The minimum atomic E-state index is -0.962. The van der Waals surface area contributed by atoms with Gasteiger partial charge in [-0.1, -0.05) is 64.5 Å². The van der Waals surface area contributed by atoms with Gasteiger partial charge in [0.05, 0.1) is 11.6 Å². The summed E-state index contributed by atoms with van der Waals surface area (Å²) in [5.74, 6) is -2.39. The molecule has 1 aliphatic heterocycles. The predicted molar refractivity (Wildman–Crippen MR) is 117 cm³/mol. The highest BCUT2D eigenvalue weighted by Crippen LogP contribution is 2.42. The Morgan fingerprint density at radius 2 is 1.73 bits per heavy atom. The van der Waals surface area contributed by atoms with E-state index >= 15 is 0 Å². The zero-order valence-electron chi connectivity index (χ0n) is 16.0. The summed E-state index contributed by atoms with van der Waals surface area (Å²) >= 11 is 3.45. The van der Waals surface area contributed by atoms with Gasteiger partial charge in [0.2, 0.25) is 0 Å². The maximum atomic E-state index is 14.0. The number of aryl methyl sites for hydroxylation is 1. The van der Waals surface area contributed by atoms with Crippen LogP contribution in [0.3, 0.4) is 0 Å². The quantitative estimate of drug-likeness (QED) is 0.314. The lowest BCUT2D eigenvalue weighted by molar-refractivity contribution is -0.132. The van der Waals surface area contributed by atoms with Gasteiger partial charge in [0, 0.05) is 15.7 Å². The Hall–Kier alpha value is -3.25. The van der Waals surface area contributed by atoms with Crippen LogP contribution in [0.1, 0.15) is 22.7 Å². The number of ketones is 1. The standard InChI is InChI=1S/C24H17BrFNO3/c1-14-10-11-18(13-19(14)25)27-21(16-8-5-9-17(26)12-16)20(23(29)24(27)30)22(28)15-6-3-2-4-7-15/h2-13,21,28H,1H3/t21-/m1/s1. The topological polar surface area (TPSA) is 57.6 Å². The third kappa shape index (κ3) is 3.44.